The van der Waals surface area contributed by atoms with Gasteiger partial charge in [-0.2, -0.15) is 5.26 Å². The lowest BCUT2D eigenvalue weighted by atomic mass is 10.0. The second kappa shape index (κ2) is 8.68. The van der Waals surface area contributed by atoms with Crippen LogP contribution in [-0.4, -0.2) is 0 Å². The first-order chi connectivity index (χ1) is 12.7. The summed E-state index contributed by atoms with van der Waals surface area (Å²) in [6.07, 6.45) is 1.88. The van der Waals surface area contributed by atoms with E-state index in [0.29, 0.717) is 12.2 Å². The molecule has 0 amide bonds. The molecule has 0 atom stereocenters. The van der Waals surface area contributed by atoms with Crippen molar-refractivity contribution in [3.8, 4) is 11.8 Å². The molecule has 0 N–H and O–H groups in total. The number of ether oxygens (including phenoxy) is 1. The predicted molar refractivity (Wildman–Crippen MR) is 115 cm³/mol. The fourth-order valence-corrected chi connectivity index (χ4v) is 2.90. The van der Waals surface area contributed by atoms with Crippen molar-refractivity contribution >= 4 is 34.2 Å². The van der Waals surface area contributed by atoms with E-state index in [0.717, 1.165) is 22.4 Å². The van der Waals surface area contributed by atoms with Crippen molar-refractivity contribution in [2.45, 2.75) is 13.5 Å². The first kappa shape index (κ1) is 18.2. The molecular weight excluding hydrogens is 433 g/mol. The lowest BCUT2D eigenvalue weighted by molar-refractivity contribution is 0.305. The Kier molecular flexibility index (Phi) is 6.08. The monoisotopic (exact) mass is 451 g/mol. The summed E-state index contributed by atoms with van der Waals surface area (Å²) in [5.41, 5.74) is 4.71. The summed E-state index contributed by atoms with van der Waals surface area (Å²) in [7, 11) is 0. The van der Waals surface area contributed by atoms with Crippen LogP contribution in [0.4, 0.5) is 0 Å². The van der Waals surface area contributed by atoms with Crippen molar-refractivity contribution in [2.24, 2.45) is 0 Å². The van der Waals surface area contributed by atoms with Gasteiger partial charge in [0.25, 0.3) is 0 Å². The quantitative estimate of drug-likeness (QED) is 0.261. The normalized spacial score (nSPS) is 11.0. The smallest absolute Gasteiger partial charge is 0.127 e. The molecule has 3 heteroatoms. The fraction of sp³-hybridized carbons (Fsp3) is 0.0870. The zero-order chi connectivity index (χ0) is 18.4. The second-order valence-electron chi connectivity index (χ2n) is 5.99. The summed E-state index contributed by atoms with van der Waals surface area (Å²) >= 11 is 2.29. The number of rotatable bonds is 5. The van der Waals surface area contributed by atoms with Crippen LogP contribution < -0.4 is 4.74 Å². The van der Waals surface area contributed by atoms with Crippen LogP contribution in [0.5, 0.6) is 5.75 Å². The van der Waals surface area contributed by atoms with Crippen molar-refractivity contribution in [2.75, 3.05) is 0 Å². The molecule has 0 saturated heterocycles. The lowest BCUT2D eigenvalue weighted by Crippen LogP contribution is -1.97. The van der Waals surface area contributed by atoms with Crippen molar-refractivity contribution in [3.05, 3.63) is 98.6 Å². The highest BCUT2D eigenvalue weighted by molar-refractivity contribution is 14.1. The number of hydrogen-bond donors (Lipinski definition) is 0. The van der Waals surface area contributed by atoms with Crippen LogP contribution in [-0.2, 0) is 6.61 Å². The topological polar surface area (TPSA) is 33.0 Å². The Labute approximate surface area is 167 Å². The van der Waals surface area contributed by atoms with E-state index >= 15 is 0 Å². The van der Waals surface area contributed by atoms with Crippen molar-refractivity contribution < 1.29 is 4.74 Å². The Bertz CT molecular complexity index is 951. The van der Waals surface area contributed by atoms with Crippen LogP contribution in [0.15, 0.2) is 72.8 Å². The van der Waals surface area contributed by atoms with Gasteiger partial charge < -0.3 is 4.74 Å². The van der Waals surface area contributed by atoms with Gasteiger partial charge in [0, 0.05) is 9.13 Å². The second-order valence-corrected chi connectivity index (χ2v) is 7.23. The molecule has 0 saturated carbocycles. The van der Waals surface area contributed by atoms with Crippen LogP contribution in [0.2, 0.25) is 0 Å². The van der Waals surface area contributed by atoms with Crippen LogP contribution in [0.3, 0.4) is 0 Å². The van der Waals surface area contributed by atoms with Gasteiger partial charge >= 0.3 is 0 Å². The Morgan fingerprint density at radius 2 is 1.69 bits per heavy atom. The molecule has 0 aliphatic rings. The number of halogens is 1. The molecule has 3 aromatic rings. The minimum absolute atomic E-state index is 0.494. The first-order valence-electron chi connectivity index (χ1n) is 8.31. The molecule has 0 unspecified atom stereocenters. The van der Waals surface area contributed by atoms with Crippen LogP contribution >= 0.6 is 22.6 Å². The average molecular weight is 451 g/mol. The average Bonchev–Trinajstić information content (AvgIpc) is 2.67. The molecule has 0 spiro atoms. The summed E-state index contributed by atoms with van der Waals surface area (Å²) in [5.74, 6) is 0.769. The number of nitrogens with zero attached hydrogens (tertiary/aromatic N) is 1. The van der Waals surface area contributed by atoms with E-state index in [1.54, 1.807) is 0 Å². The SMILES string of the molecule is Cc1ccc(/C(C#N)=C\c2ccccc2OCc2ccc(I)cc2)cc1. The molecule has 0 bridgehead atoms. The molecule has 0 heterocycles. The highest BCUT2D eigenvalue weighted by Gasteiger charge is 2.06. The maximum Gasteiger partial charge on any atom is 0.127 e. The number of allylic oxidation sites excluding steroid dienone is 1. The van der Waals surface area contributed by atoms with E-state index < -0.39 is 0 Å². The standard InChI is InChI=1S/C23H18INO/c1-17-6-10-19(11-7-17)21(15-25)14-20-4-2-3-5-23(20)26-16-18-8-12-22(24)13-9-18/h2-14H,16H2,1H3/b21-14-. The number of para-hydroxylation sites is 1. The highest BCUT2D eigenvalue weighted by atomic mass is 127. The Balaban J connectivity index is 1.84. The van der Waals surface area contributed by atoms with Gasteiger partial charge in [0.05, 0.1) is 11.6 Å². The van der Waals surface area contributed by atoms with Crippen LogP contribution in [0, 0.1) is 21.8 Å². The summed E-state index contributed by atoms with van der Waals surface area (Å²) in [5, 5.41) is 9.58. The molecule has 0 aliphatic heterocycles. The largest absolute Gasteiger partial charge is 0.488 e. The Hall–Kier alpha value is -2.58. The maximum atomic E-state index is 9.58. The fourth-order valence-electron chi connectivity index (χ4n) is 2.54. The summed E-state index contributed by atoms with van der Waals surface area (Å²) in [4.78, 5) is 0. The van der Waals surface area contributed by atoms with E-state index in [1.807, 2.05) is 61.5 Å². The van der Waals surface area contributed by atoms with Gasteiger partial charge in [0.1, 0.15) is 12.4 Å². The molecule has 0 radical (unpaired) electrons. The molecule has 0 aliphatic carbocycles. The number of aryl methyl sites for hydroxylation is 1. The molecule has 3 rings (SSSR count). The Morgan fingerprint density at radius 1 is 1.00 bits per heavy atom. The van der Waals surface area contributed by atoms with Gasteiger partial charge in [-0.25, -0.2) is 0 Å². The van der Waals surface area contributed by atoms with Gasteiger partial charge in [0.2, 0.25) is 0 Å². The van der Waals surface area contributed by atoms with Gasteiger partial charge in [-0.05, 0) is 64.9 Å². The molecule has 0 fully saturated rings. The van der Waals surface area contributed by atoms with Gasteiger partial charge in [-0.15, -0.1) is 0 Å². The number of hydrogen-bond acceptors (Lipinski definition) is 2. The van der Waals surface area contributed by atoms with E-state index in [1.165, 1.54) is 9.13 Å². The third kappa shape index (κ3) is 4.74. The van der Waals surface area contributed by atoms with E-state index in [4.69, 9.17) is 4.74 Å². The number of nitriles is 1. The molecule has 2 nitrogen and oxygen atoms in total. The molecular formula is C23H18INO. The van der Waals surface area contributed by atoms with Crippen LogP contribution in [0.25, 0.3) is 11.6 Å². The summed E-state index contributed by atoms with van der Waals surface area (Å²) in [6.45, 7) is 2.53. The van der Waals surface area contributed by atoms with E-state index in [-0.39, 0.29) is 0 Å². The highest BCUT2D eigenvalue weighted by Crippen LogP contribution is 2.25. The van der Waals surface area contributed by atoms with Gasteiger partial charge in [-0.1, -0.05) is 60.2 Å². The summed E-state index contributed by atoms with van der Waals surface area (Å²) in [6, 6.07) is 26.3. The van der Waals surface area contributed by atoms with E-state index in [9.17, 15) is 5.26 Å². The van der Waals surface area contributed by atoms with Crippen molar-refractivity contribution in [1.29, 1.82) is 5.26 Å². The van der Waals surface area contributed by atoms with Crippen molar-refractivity contribution in [3.63, 3.8) is 0 Å². The lowest BCUT2D eigenvalue weighted by Gasteiger charge is -2.10. The van der Waals surface area contributed by atoms with Gasteiger partial charge in [-0.3, -0.25) is 0 Å². The molecule has 0 aromatic heterocycles. The zero-order valence-electron chi connectivity index (χ0n) is 14.4. The molecule has 128 valence electrons. The Morgan fingerprint density at radius 3 is 2.38 bits per heavy atom. The third-order valence-corrected chi connectivity index (χ3v) is 4.73. The van der Waals surface area contributed by atoms with Gasteiger partial charge in [0.15, 0.2) is 0 Å². The molecule has 3 aromatic carbocycles. The van der Waals surface area contributed by atoms with Crippen molar-refractivity contribution in [1.82, 2.24) is 0 Å². The zero-order valence-corrected chi connectivity index (χ0v) is 16.6. The summed E-state index contributed by atoms with van der Waals surface area (Å²) < 4.78 is 7.21. The minimum atomic E-state index is 0.494. The first-order valence-corrected chi connectivity index (χ1v) is 9.39. The van der Waals surface area contributed by atoms with E-state index in [2.05, 4.69) is 52.9 Å². The van der Waals surface area contributed by atoms with Crippen LogP contribution in [0.1, 0.15) is 22.3 Å². The predicted octanol–water partition coefficient (Wildman–Crippen LogP) is 6.24. The molecule has 26 heavy (non-hydrogen) atoms. The maximum absolute atomic E-state index is 9.58. The minimum Gasteiger partial charge on any atom is -0.488 e. The number of benzene rings is 3. The third-order valence-electron chi connectivity index (χ3n) is 4.01.